The molecule has 0 heterocycles. The minimum absolute atomic E-state index is 0.0710. The first-order valence-electron chi connectivity index (χ1n) is 11.5. The number of aliphatic imine (C=N–C) groups is 1. The Bertz CT molecular complexity index is 1060. The van der Waals surface area contributed by atoms with Crippen LogP contribution in [0.2, 0.25) is 0 Å². The van der Waals surface area contributed by atoms with Crippen LogP contribution in [0.3, 0.4) is 0 Å². The maximum absolute atomic E-state index is 12.8. The Morgan fingerprint density at radius 1 is 1.17 bits per heavy atom. The summed E-state index contributed by atoms with van der Waals surface area (Å²) in [6.07, 6.45) is 7.92. The molecule has 2 rings (SSSR count). The molecule has 1 aliphatic carbocycles. The molecule has 0 amide bonds. The van der Waals surface area contributed by atoms with Crippen molar-refractivity contribution in [3.63, 3.8) is 0 Å². The molecule has 0 saturated heterocycles. The normalized spacial score (nSPS) is 18.0. The zero-order chi connectivity index (χ0) is 26.9. The van der Waals surface area contributed by atoms with Crippen molar-refractivity contribution in [2.45, 2.75) is 50.8 Å². The van der Waals surface area contributed by atoms with Crippen molar-refractivity contribution < 1.29 is 27.8 Å². The molecular weight excluding hydrogens is 507 g/mol. The summed E-state index contributed by atoms with van der Waals surface area (Å²) in [6, 6.07) is 5.21. The number of halogens is 3. The van der Waals surface area contributed by atoms with Crippen molar-refractivity contribution in [1.29, 1.82) is 0 Å². The van der Waals surface area contributed by atoms with Crippen LogP contribution in [0.15, 0.2) is 76.7 Å². The fraction of sp³-hybridized carbons (Fsp3) is 0.407. The second-order valence-corrected chi connectivity index (χ2v) is 11.0. The molecule has 2 atom stereocenters. The Morgan fingerprint density at radius 2 is 1.81 bits per heavy atom. The van der Waals surface area contributed by atoms with Crippen LogP contribution in [0.25, 0.3) is 0 Å². The Kier molecular flexibility index (Phi) is 11.4. The molecule has 0 aromatic heterocycles. The van der Waals surface area contributed by atoms with Gasteiger partial charge in [0.25, 0.3) is 0 Å². The monoisotopic (exact) mass is 539 g/mol. The van der Waals surface area contributed by atoms with Gasteiger partial charge in [-0.25, -0.2) is 4.79 Å². The standard InChI is InChI=1S/C27H32F3NO3S2/c1-17(2)23(31-25(35-5)15-20-7-9-21(10-8-20)27(28,29)30)14-19(4)36-22-11-6-18(3)24(13-12-22)34-16-26(32)33/h6-14,17,19,22H,15-16H2,1-5H3,(H,32,33)/b23-14+,31-25?/t19-,22?/m1/s1. The van der Waals surface area contributed by atoms with E-state index in [1.165, 1.54) is 23.9 Å². The number of nitrogens with zero attached hydrogens (tertiary/aromatic N) is 1. The lowest BCUT2D eigenvalue weighted by Gasteiger charge is -2.15. The van der Waals surface area contributed by atoms with Crippen LogP contribution in [0.5, 0.6) is 0 Å². The number of thioether (sulfide) groups is 2. The van der Waals surface area contributed by atoms with Gasteiger partial charge in [-0.2, -0.15) is 13.2 Å². The number of allylic oxidation sites excluding steroid dienone is 4. The maximum atomic E-state index is 12.8. The van der Waals surface area contributed by atoms with Crippen LogP contribution in [0.1, 0.15) is 38.8 Å². The van der Waals surface area contributed by atoms with Gasteiger partial charge in [0.05, 0.1) is 10.6 Å². The molecule has 0 bridgehead atoms. The third kappa shape index (κ3) is 9.93. The van der Waals surface area contributed by atoms with Crippen molar-refractivity contribution in [3.05, 3.63) is 82.8 Å². The predicted molar refractivity (Wildman–Crippen MR) is 144 cm³/mol. The van der Waals surface area contributed by atoms with Crippen LogP contribution < -0.4 is 0 Å². The number of carboxylic acid groups (broad SMARTS) is 1. The van der Waals surface area contributed by atoms with Crippen LogP contribution in [-0.2, 0) is 22.1 Å². The summed E-state index contributed by atoms with van der Waals surface area (Å²) in [5.41, 5.74) is 1.90. The molecule has 1 aliphatic rings. The van der Waals surface area contributed by atoms with E-state index < -0.39 is 17.7 Å². The molecule has 4 nitrogen and oxygen atoms in total. The highest BCUT2D eigenvalue weighted by molar-refractivity contribution is 8.13. The SMILES string of the molecule is CSC(Cc1ccc(C(F)(F)F)cc1)=N/C(=C/[C@@H](C)SC1C=CC(C)=C(OCC(=O)O)C=C1)C(C)C. The summed E-state index contributed by atoms with van der Waals surface area (Å²) in [5, 5.41) is 9.88. The molecule has 9 heteroatoms. The number of rotatable bonds is 10. The van der Waals surface area contributed by atoms with E-state index in [0.717, 1.165) is 34.0 Å². The number of carboxylic acids is 1. The van der Waals surface area contributed by atoms with Gasteiger partial charge in [-0.3, -0.25) is 4.99 Å². The Balaban J connectivity index is 2.11. The fourth-order valence-corrected chi connectivity index (χ4v) is 4.83. The molecule has 1 N–H and O–H groups in total. The number of ether oxygens (including phenoxy) is 1. The molecule has 1 aromatic rings. The molecule has 0 saturated carbocycles. The number of aliphatic carboxylic acids is 1. The van der Waals surface area contributed by atoms with Crippen molar-refractivity contribution in [1.82, 2.24) is 0 Å². The van der Waals surface area contributed by atoms with E-state index in [0.29, 0.717) is 12.2 Å². The minimum atomic E-state index is -4.35. The van der Waals surface area contributed by atoms with Crippen LogP contribution in [0, 0.1) is 5.92 Å². The summed E-state index contributed by atoms with van der Waals surface area (Å²) >= 11 is 3.21. The van der Waals surface area contributed by atoms with Gasteiger partial charge >= 0.3 is 12.1 Å². The predicted octanol–water partition coefficient (Wildman–Crippen LogP) is 7.54. The molecule has 1 aromatic carbocycles. The highest BCUT2D eigenvalue weighted by atomic mass is 32.2. The Labute approximate surface area is 219 Å². The molecule has 0 radical (unpaired) electrons. The topological polar surface area (TPSA) is 58.9 Å². The second-order valence-electron chi connectivity index (χ2n) is 8.58. The first-order chi connectivity index (χ1) is 16.9. The fourth-order valence-electron chi connectivity index (χ4n) is 3.27. The van der Waals surface area contributed by atoms with Gasteiger partial charge in [-0.1, -0.05) is 44.2 Å². The van der Waals surface area contributed by atoms with E-state index in [1.54, 1.807) is 11.8 Å². The van der Waals surface area contributed by atoms with Crippen LogP contribution in [-0.4, -0.2) is 39.5 Å². The summed E-state index contributed by atoms with van der Waals surface area (Å²) in [7, 11) is 0. The van der Waals surface area contributed by atoms with Crippen molar-refractivity contribution in [2.75, 3.05) is 12.9 Å². The molecule has 36 heavy (non-hydrogen) atoms. The van der Waals surface area contributed by atoms with E-state index in [2.05, 4.69) is 26.8 Å². The number of hydrogen-bond donors (Lipinski definition) is 1. The first-order valence-corrected chi connectivity index (χ1v) is 13.6. The van der Waals surface area contributed by atoms with E-state index in [9.17, 15) is 18.0 Å². The van der Waals surface area contributed by atoms with Gasteiger partial charge in [0, 0.05) is 22.6 Å². The summed E-state index contributed by atoms with van der Waals surface area (Å²) in [6.45, 7) is 7.70. The van der Waals surface area contributed by atoms with Gasteiger partial charge in [-0.05, 0) is 61.4 Å². The largest absolute Gasteiger partial charge is 0.482 e. The second kappa shape index (κ2) is 13.8. The summed E-state index contributed by atoms with van der Waals surface area (Å²) in [5.74, 6) is -0.311. The quantitative estimate of drug-likeness (QED) is 0.246. The average Bonchev–Trinajstić information content (AvgIpc) is 2.97. The zero-order valence-electron chi connectivity index (χ0n) is 21.0. The molecule has 0 spiro atoms. The number of alkyl halides is 3. The zero-order valence-corrected chi connectivity index (χ0v) is 22.6. The minimum Gasteiger partial charge on any atom is -0.482 e. The third-order valence-electron chi connectivity index (χ3n) is 5.21. The van der Waals surface area contributed by atoms with Gasteiger partial charge in [-0.15, -0.1) is 23.5 Å². The molecule has 0 aliphatic heterocycles. The summed E-state index contributed by atoms with van der Waals surface area (Å²) in [4.78, 5) is 15.7. The number of carbonyl (C=O) groups is 1. The lowest BCUT2D eigenvalue weighted by atomic mass is 10.1. The van der Waals surface area contributed by atoms with Crippen LogP contribution in [0.4, 0.5) is 13.2 Å². The van der Waals surface area contributed by atoms with E-state index in [1.807, 2.05) is 37.5 Å². The molecular formula is C27H32F3NO3S2. The van der Waals surface area contributed by atoms with Crippen molar-refractivity contribution in [2.24, 2.45) is 10.9 Å². The Hall–Kier alpha value is -2.39. The first kappa shape index (κ1) is 29.8. The van der Waals surface area contributed by atoms with E-state index in [-0.39, 0.29) is 23.0 Å². The lowest BCUT2D eigenvalue weighted by molar-refractivity contribution is -0.140. The maximum Gasteiger partial charge on any atom is 0.416 e. The third-order valence-corrected chi connectivity index (χ3v) is 7.11. The van der Waals surface area contributed by atoms with Gasteiger partial charge in [0.15, 0.2) is 6.61 Å². The smallest absolute Gasteiger partial charge is 0.416 e. The highest BCUT2D eigenvalue weighted by Gasteiger charge is 2.30. The summed E-state index contributed by atoms with van der Waals surface area (Å²) < 4.78 is 43.9. The highest BCUT2D eigenvalue weighted by Crippen LogP contribution is 2.30. The number of hydrogen-bond acceptors (Lipinski definition) is 5. The van der Waals surface area contributed by atoms with Crippen LogP contribution >= 0.6 is 23.5 Å². The Morgan fingerprint density at radius 3 is 2.36 bits per heavy atom. The van der Waals surface area contributed by atoms with Gasteiger partial charge in [0.2, 0.25) is 0 Å². The molecule has 196 valence electrons. The van der Waals surface area contributed by atoms with Gasteiger partial charge < -0.3 is 9.84 Å². The lowest BCUT2D eigenvalue weighted by Crippen LogP contribution is -2.07. The van der Waals surface area contributed by atoms with E-state index in [4.69, 9.17) is 14.8 Å². The molecule has 1 unspecified atom stereocenters. The average molecular weight is 540 g/mol. The number of benzene rings is 1. The van der Waals surface area contributed by atoms with Crippen molar-refractivity contribution >= 4 is 34.5 Å². The van der Waals surface area contributed by atoms with Gasteiger partial charge in [0.1, 0.15) is 5.76 Å². The molecule has 0 fully saturated rings. The van der Waals surface area contributed by atoms with Crippen molar-refractivity contribution in [3.8, 4) is 0 Å². The van der Waals surface area contributed by atoms with E-state index >= 15 is 0 Å².